The summed E-state index contributed by atoms with van der Waals surface area (Å²) >= 11 is 0. The largest absolute Gasteiger partial charge is 0.381 e. The molecule has 0 aromatic rings. The van der Waals surface area contributed by atoms with E-state index in [-0.39, 0.29) is 10.8 Å². The minimum absolute atomic E-state index is 0.245. The first-order valence-electron chi connectivity index (χ1n) is 8.44. The van der Waals surface area contributed by atoms with Crippen molar-refractivity contribution in [3.63, 3.8) is 0 Å². The second-order valence-corrected chi connectivity index (χ2v) is 8.61. The van der Waals surface area contributed by atoms with E-state index in [1.807, 2.05) is 0 Å². The lowest BCUT2D eigenvalue weighted by Gasteiger charge is -2.51. The van der Waals surface area contributed by atoms with Crippen LogP contribution in [-0.2, 0) is 9.47 Å². The van der Waals surface area contributed by atoms with Gasteiger partial charge in [0.2, 0.25) is 0 Å². The van der Waals surface area contributed by atoms with Gasteiger partial charge in [0.25, 0.3) is 0 Å². The van der Waals surface area contributed by atoms with Crippen LogP contribution < -0.4 is 0 Å². The predicted octanol–water partition coefficient (Wildman–Crippen LogP) is 4.53. The fraction of sp³-hybridized carbons (Fsp3) is 1.00. The smallest absolute Gasteiger partial charge is 0.0629 e. The summed E-state index contributed by atoms with van der Waals surface area (Å²) in [6.07, 6.45) is 4.14. The summed E-state index contributed by atoms with van der Waals surface area (Å²) in [6, 6.07) is 0. The fourth-order valence-corrected chi connectivity index (χ4v) is 4.52. The maximum Gasteiger partial charge on any atom is 0.0629 e. The molecule has 0 amide bonds. The molecule has 0 aromatic heterocycles. The first kappa shape index (κ1) is 16.3. The molecule has 2 nitrogen and oxygen atoms in total. The van der Waals surface area contributed by atoms with Crippen LogP contribution in [0.1, 0.15) is 60.8 Å². The van der Waals surface area contributed by atoms with Crippen LogP contribution in [0, 0.1) is 28.6 Å². The van der Waals surface area contributed by atoms with Crippen LogP contribution >= 0.6 is 0 Å². The van der Waals surface area contributed by atoms with Crippen molar-refractivity contribution in [3.8, 4) is 0 Å². The third kappa shape index (κ3) is 3.22. The van der Waals surface area contributed by atoms with Gasteiger partial charge in [0.1, 0.15) is 0 Å². The Morgan fingerprint density at radius 3 is 2.30 bits per heavy atom. The van der Waals surface area contributed by atoms with Crippen LogP contribution in [0.3, 0.4) is 0 Å². The monoisotopic (exact) mass is 282 g/mol. The third-order valence-corrected chi connectivity index (χ3v) is 5.95. The Morgan fingerprint density at radius 2 is 1.80 bits per heavy atom. The average molecular weight is 282 g/mol. The summed E-state index contributed by atoms with van der Waals surface area (Å²) in [4.78, 5) is 0. The Balaban J connectivity index is 2.03. The first-order chi connectivity index (χ1) is 9.25. The van der Waals surface area contributed by atoms with Gasteiger partial charge in [0.15, 0.2) is 0 Å². The van der Waals surface area contributed by atoms with E-state index in [1.54, 1.807) is 0 Å². The lowest BCUT2D eigenvalue weighted by Crippen LogP contribution is -2.50. The Bertz CT molecular complexity index is 311. The third-order valence-electron chi connectivity index (χ3n) is 5.95. The van der Waals surface area contributed by atoms with E-state index < -0.39 is 0 Å². The lowest BCUT2D eigenvalue weighted by molar-refractivity contribution is -0.151. The van der Waals surface area contributed by atoms with Crippen LogP contribution in [0.2, 0.25) is 0 Å². The van der Waals surface area contributed by atoms with Gasteiger partial charge in [-0.3, -0.25) is 0 Å². The van der Waals surface area contributed by atoms with Gasteiger partial charge >= 0.3 is 0 Å². The molecule has 3 atom stereocenters. The molecule has 2 saturated heterocycles. The van der Waals surface area contributed by atoms with E-state index >= 15 is 0 Å². The molecule has 0 bridgehead atoms. The summed E-state index contributed by atoms with van der Waals surface area (Å²) in [6.45, 7) is 17.0. The molecule has 0 saturated carbocycles. The van der Waals surface area contributed by atoms with Gasteiger partial charge in [-0.25, -0.2) is 0 Å². The Labute approximate surface area is 125 Å². The van der Waals surface area contributed by atoms with E-state index in [9.17, 15) is 0 Å². The topological polar surface area (TPSA) is 18.5 Å². The summed E-state index contributed by atoms with van der Waals surface area (Å²) in [5.41, 5.74) is 0.509. The lowest BCUT2D eigenvalue weighted by atomic mass is 9.59. The molecular formula is C18H34O2. The highest BCUT2D eigenvalue weighted by Gasteiger charge is 2.47. The quantitative estimate of drug-likeness (QED) is 0.757. The second kappa shape index (κ2) is 5.96. The van der Waals surface area contributed by atoms with Gasteiger partial charge in [-0.05, 0) is 47.8 Å². The molecule has 0 radical (unpaired) electrons. The second-order valence-electron chi connectivity index (χ2n) is 8.61. The highest BCUT2D eigenvalue weighted by molar-refractivity contribution is 4.96. The normalized spacial score (nSPS) is 35.2. The molecule has 0 aliphatic carbocycles. The Morgan fingerprint density at radius 1 is 1.10 bits per heavy atom. The van der Waals surface area contributed by atoms with Gasteiger partial charge in [-0.1, -0.05) is 41.5 Å². The van der Waals surface area contributed by atoms with Gasteiger partial charge in [0, 0.05) is 6.61 Å². The maximum atomic E-state index is 6.32. The zero-order chi connectivity index (χ0) is 15.0. The van der Waals surface area contributed by atoms with Gasteiger partial charge < -0.3 is 9.47 Å². The molecule has 0 N–H and O–H groups in total. The van der Waals surface area contributed by atoms with Gasteiger partial charge in [0.05, 0.1) is 19.3 Å². The van der Waals surface area contributed by atoms with Crippen molar-refractivity contribution in [2.75, 3.05) is 19.8 Å². The summed E-state index contributed by atoms with van der Waals surface area (Å²) < 4.78 is 12.0. The fourth-order valence-electron chi connectivity index (χ4n) is 4.52. The SMILES string of the molecule is CC(C)[C@@H]1CCC(C(C)(C)[C@H]2CCOCC2(C)C)OC1. The Hall–Kier alpha value is -0.0800. The summed E-state index contributed by atoms with van der Waals surface area (Å²) in [7, 11) is 0. The highest BCUT2D eigenvalue weighted by atomic mass is 16.5. The average Bonchev–Trinajstić information content (AvgIpc) is 2.38. The van der Waals surface area contributed by atoms with Crippen molar-refractivity contribution in [2.24, 2.45) is 28.6 Å². The summed E-state index contributed by atoms with van der Waals surface area (Å²) in [5.74, 6) is 2.19. The van der Waals surface area contributed by atoms with Crippen LogP contribution in [-0.4, -0.2) is 25.9 Å². The first-order valence-corrected chi connectivity index (χ1v) is 8.44. The molecule has 20 heavy (non-hydrogen) atoms. The molecule has 118 valence electrons. The number of hydrogen-bond donors (Lipinski definition) is 0. The van der Waals surface area contributed by atoms with Crippen molar-refractivity contribution in [3.05, 3.63) is 0 Å². The molecule has 2 fully saturated rings. The number of rotatable bonds is 3. The minimum atomic E-state index is 0.245. The molecule has 2 heterocycles. The number of ether oxygens (including phenoxy) is 2. The van der Waals surface area contributed by atoms with Crippen LogP contribution in [0.5, 0.6) is 0 Å². The maximum absolute atomic E-state index is 6.32. The zero-order valence-corrected chi connectivity index (χ0v) is 14.4. The minimum Gasteiger partial charge on any atom is -0.381 e. The van der Waals surface area contributed by atoms with Gasteiger partial charge in [-0.2, -0.15) is 0 Å². The van der Waals surface area contributed by atoms with Crippen molar-refractivity contribution in [1.82, 2.24) is 0 Å². The highest BCUT2D eigenvalue weighted by Crippen LogP contribution is 2.49. The van der Waals surface area contributed by atoms with Gasteiger partial charge in [-0.15, -0.1) is 0 Å². The molecule has 2 heteroatoms. The van der Waals surface area contributed by atoms with Crippen molar-refractivity contribution in [2.45, 2.75) is 66.9 Å². The van der Waals surface area contributed by atoms with E-state index in [0.29, 0.717) is 12.0 Å². The van der Waals surface area contributed by atoms with Crippen molar-refractivity contribution in [1.29, 1.82) is 0 Å². The molecule has 2 aliphatic rings. The summed E-state index contributed by atoms with van der Waals surface area (Å²) in [5, 5.41) is 0. The van der Waals surface area contributed by atoms with Crippen LogP contribution in [0.25, 0.3) is 0 Å². The van der Waals surface area contributed by atoms with E-state index in [1.165, 1.54) is 19.3 Å². The molecular weight excluding hydrogens is 248 g/mol. The predicted molar refractivity (Wildman–Crippen MR) is 83.8 cm³/mol. The van der Waals surface area contributed by atoms with E-state index in [0.717, 1.165) is 31.7 Å². The molecule has 2 aliphatic heterocycles. The Kier molecular flexibility index (Phi) is 4.86. The van der Waals surface area contributed by atoms with Crippen LogP contribution in [0.15, 0.2) is 0 Å². The zero-order valence-electron chi connectivity index (χ0n) is 14.4. The van der Waals surface area contributed by atoms with Crippen molar-refractivity contribution < 1.29 is 9.47 Å². The van der Waals surface area contributed by atoms with Crippen molar-refractivity contribution >= 4 is 0 Å². The van der Waals surface area contributed by atoms with E-state index in [2.05, 4.69) is 41.5 Å². The van der Waals surface area contributed by atoms with E-state index in [4.69, 9.17) is 9.47 Å². The number of hydrogen-bond acceptors (Lipinski definition) is 2. The molecule has 0 spiro atoms. The van der Waals surface area contributed by atoms with Crippen LogP contribution in [0.4, 0.5) is 0 Å². The molecule has 1 unspecified atom stereocenters. The standard InChI is InChI=1S/C18H34O2/c1-13(2)14-7-8-16(20-11-14)18(5,6)15-9-10-19-12-17(15,3)4/h13-16H,7-12H2,1-6H3/t14-,15+,16?/m1/s1. The molecule has 0 aromatic carbocycles. The molecule has 2 rings (SSSR count).